The Morgan fingerprint density at radius 2 is 1.80 bits per heavy atom. The fourth-order valence-electron chi connectivity index (χ4n) is 2.60. The van der Waals surface area contributed by atoms with Crippen molar-refractivity contribution in [1.29, 1.82) is 0 Å². The van der Waals surface area contributed by atoms with E-state index in [1.807, 2.05) is 47.1 Å². The molecule has 3 aromatic rings. The smallest absolute Gasteiger partial charge is 0.212 e. The van der Waals surface area contributed by atoms with Crippen LogP contribution in [-0.4, -0.2) is 32.9 Å². The highest BCUT2D eigenvalue weighted by atomic mass is 32.2. The van der Waals surface area contributed by atoms with Crippen LogP contribution in [0.3, 0.4) is 0 Å². The highest BCUT2D eigenvalue weighted by Gasteiger charge is 2.20. The van der Waals surface area contributed by atoms with Crippen LogP contribution in [0.1, 0.15) is 18.9 Å². The zero-order valence-corrected chi connectivity index (χ0v) is 14.7. The number of nitrogens with zero attached hydrogens (tertiary/aromatic N) is 4. The number of thioether (sulfide) groups is 1. The van der Waals surface area contributed by atoms with Crippen molar-refractivity contribution in [2.24, 2.45) is 5.10 Å². The fraction of sp³-hybridized carbons (Fsp3) is 0.211. The van der Waals surface area contributed by atoms with Crippen molar-refractivity contribution in [1.82, 2.24) is 14.9 Å². The molecule has 0 N–H and O–H groups in total. The summed E-state index contributed by atoms with van der Waals surface area (Å²) in [6, 6.07) is 18.1. The first-order valence-corrected chi connectivity index (χ1v) is 9.28. The van der Waals surface area contributed by atoms with Gasteiger partial charge in [0.2, 0.25) is 5.16 Å². The normalized spacial score (nSPS) is 13.2. The van der Waals surface area contributed by atoms with Gasteiger partial charge < -0.3 is 4.74 Å². The molecule has 0 amide bonds. The van der Waals surface area contributed by atoms with Crippen LogP contribution in [-0.2, 0) is 0 Å². The van der Waals surface area contributed by atoms with E-state index in [0.29, 0.717) is 0 Å². The van der Waals surface area contributed by atoms with E-state index in [1.54, 1.807) is 11.8 Å². The molecule has 5 nitrogen and oxygen atoms in total. The number of benzene rings is 2. The van der Waals surface area contributed by atoms with Crippen LogP contribution in [0.2, 0.25) is 0 Å². The van der Waals surface area contributed by atoms with Crippen molar-refractivity contribution >= 4 is 17.5 Å². The maximum absolute atomic E-state index is 5.64. The second-order valence-corrected chi connectivity index (χ2v) is 6.63. The van der Waals surface area contributed by atoms with Gasteiger partial charge in [-0.3, -0.25) is 0 Å². The van der Waals surface area contributed by atoms with E-state index in [0.717, 1.165) is 52.3 Å². The molecule has 1 aliphatic rings. The first-order chi connectivity index (χ1) is 12.3. The van der Waals surface area contributed by atoms with Gasteiger partial charge in [0.1, 0.15) is 5.75 Å². The van der Waals surface area contributed by atoms with Crippen molar-refractivity contribution in [3.63, 3.8) is 0 Å². The number of fused-ring (bicyclic) bond motifs is 1. The molecule has 25 heavy (non-hydrogen) atoms. The number of aromatic nitrogens is 3. The predicted molar refractivity (Wildman–Crippen MR) is 100 cm³/mol. The maximum atomic E-state index is 5.64. The molecule has 1 aromatic heterocycles. The lowest BCUT2D eigenvalue weighted by Crippen LogP contribution is -2.13. The van der Waals surface area contributed by atoms with Crippen molar-refractivity contribution in [2.45, 2.75) is 18.5 Å². The number of hydrogen-bond donors (Lipinski definition) is 0. The lowest BCUT2D eigenvalue weighted by atomic mass is 10.1. The van der Waals surface area contributed by atoms with Gasteiger partial charge >= 0.3 is 0 Å². The van der Waals surface area contributed by atoms with Crippen LogP contribution in [0.4, 0.5) is 0 Å². The van der Waals surface area contributed by atoms with E-state index >= 15 is 0 Å². The minimum Gasteiger partial charge on any atom is -0.494 e. The molecule has 0 radical (unpaired) electrons. The van der Waals surface area contributed by atoms with Gasteiger partial charge in [-0.15, -0.1) is 10.2 Å². The van der Waals surface area contributed by atoms with E-state index in [1.165, 1.54) is 0 Å². The summed E-state index contributed by atoms with van der Waals surface area (Å²) in [5.74, 6) is 2.41. The Labute approximate surface area is 150 Å². The molecule has 0 saturated heterocycles. The van der Waals surface area contributed by atoms with Gasteiger partial charge in [-0.1, -0.05) is 49.0 Å². The molecule has 126 valence electrons. The number of rotatable bonds is 5. The number of ether oxygens (including phenoxy) is 1. The zero-order valence-electron chi connectivity index (χ0n) is 13.9. The molecule has 0 spiro atoms. The molecule has 2 aromatic carbocycles. The highest BCUT2D eigenvalue weighted by molar-refractivity contribution is 7.99. The SMILES string of the molecule is CCCOc1ccc(-c2nnc3n2N=C(c2ccccc2)CS3)cc1. The minimum atomic E-state index is 0.723. The molecule has 0 bridgehead atoms. The lowest BCUT2D eigenvalue weighted by molar-refractivity contribution is 0.317. The summed E-state index contributed by atoms with van der Waals surface area (Å²) >= 11 is 1.66. The molecule has 6 heteroatoms. The first kappa shape index (κ1) is 15.9. The van der Waals surface area contributed by atoms with Crippen LogP contribution >= 0.6 is 11.8 Å². The number of hydrogen-bond acceptors (Lipinski definition) is 5. The van der Waals surface area contributed by atoms with Gasteiger partial charge in [-0.2, -0.15) is 9.78 Å². The van der Waals surface area contributed by atoms with Crippen LogP contribution in [0.25, 0.3) is 11.4 Å². The van der Waals surface area contributed by atoms with Gasteiger partial charge in [0.15, 0.2) is 5.82 Å². The Hall–Kier alpha value is -2.60. The standard InChI is InChI=1S/C19H18N4OS/c1-2-12-24-16-10-8-15(9-11-16)18-20-21-19-23(18)22-17(13-25-19)14-6-4-3-5-7-14/h3-11H,2,12-13H2,1H3. The monoisotopic (exact) mass is 350 g/mol. The summed E-state index contributed by atoms with van der Waals surface area (Å²) in [6.07, 6.45) is 0.994. The van der Waals surface area contributed by atoms with Crippen LogP contribution < -0.4 is 4.74 Å². The summed E-state index contributed by atoms with van der Waals surface area (Å²) in [4.78, 5) is 0. The molecule has 1 aliphatic heterocycles. The third-order valence-corrected chi connectivity index (χ3v) is 4.79. The van der Waals surface area contributed by atoms with Gasteiger partial charge in [0.05, 0.1) is 12.3 Å². The Morgan fingerprint density at radius 1 is 1.00 bits per heavy atom. The van der Waals surface area contributed by atoms with E-state index in [4.69, 9.17) is 9.84 Å². The molecular weight excluding hydrogens is 332 g/mol. The van der Waals surface area contributed by atoms with Crippen molar-refractivity contribution in [2.75, 3.05) is 12.4 Å². The van der Waals surface area contributed by atoms with Gasteiger partial charge in [0, 0.05) is 11.3 Å². The molecule has 0 atom stereocenters. The molecule has 0 fully saturated rings. The van der Waals surface area contributed by atoms with Gasteiger partial charge in [-0.05, 0) is 36.2 Å². The fourth-order valence-corrected chi connectivity index (χ4v) is 3.44. The Morgan fingerprint density at radius 3 is 2.56 bits per heavy atom. The summed E-state index contributed by atoms with van der Waals surface area (Å²) in [5.41, 5.74) is 3.13. The Bertz CT molecular complexity index is 888. The maximum Gasteiger partial charge on any atom is 0.212 e. The second kappa shape index (κ2) is 7.11. The Balaban J connectivity index is 1.66. The predicted octanol–water partition coefficient (Wildman–Crippen LogP) is 4.09. The second-order valence-electron chi connectivity index (χ2n) is 5.69. The third kappa shape index (κ3) is 3.30. The van der Waals surface area contributed by atoms with Crippen molar-refractivity contribution < 1.29 is 4.74 Å². The molecule has 0 saturated carbocycles. The van der Waals surface area contributed by atoms with E-state index in [9.17, 15) is 0 Å². The summed E-state index contributed by atoms with van der Waals surface area (Å²) < 4.78 is 7.47. The molecule has 2 heterocycles. The van der Waals surface area contributed by atoms with Crippen LogP contribution in [0.5, 0.6) is 5.75 Å². The largest absolute Gasteiger partial charge is 0.494 e. The van der Waals surface area contributed by atoms with E-state index < -0.39 is 0 Å². The summed E-state index contributed by atoms with van der Waals surface area (Å²) in [5, 5.41) is 14.2. The molecular formula is C19H18N4OS. The first-order valence-electron chi connectivity index (χ1n) is 8.30. The quantitative estimate of drug-likeness (QED) is 0.695. The zero-order chi connectivity index (χ0) is 17.1. The van der Waals surface area contributed by atoms with Gasteiger partial charge in [-0.25, -0.2) is 0 Å². The van der Waals surface area contributed by atoms with Crippen molar-refractivity contribution in [3.05, 3.63) is 60.2 Å². The third-order valence-electron chi connectivity index (χ3n) is 3.86. The minimum absolute atomic E-state index is 0.723. The average molecular weight is 350 g/mol. The van der Waals surface area contributed by atoms with Crippen molar-refractivity contribution in [3.8, 4) is 17.1 Å². The molecule has 4 rings (SSSR count). The van der Waals surface area contributed by atoms with E-state index in [-0.39, 0.29) is 0 Å². The summed E-state index contributed by atoms with van der Waals surface area (Å²) in [7, 11) is 0. The lowest BCUT2D eigenvalue weighted by Gasteiger charge is -2.14. The molecule has 0 aliphatic carbocycles. The van der Waals surface area contributed by atoms with Crippen LogP contribution in [0.15, 0.2) is 64.9 Å². The summed E-state index contributed by atoms with van der Waals surface area (Å²) in [6.45, 7) is 2.82. The van der Waals surface area contributed by atoms with E-state index in [2.05, 4.69) is 29.3 Å². The topological polar surface area (TPSA) is 52.3 Å². The van der Waals surface area contributed by atoms with Gasteiger partial charge in [0.25, 0.3) is 0 Å². The average Bonchev–Trinajstić information content (AvgIpc) is 3.10. The van der Waals surface area contributed by atoms with Crippen LogP contribution in [0, 0.1) is 0 Å². The Kier molecular flexibility index (Phi) is 4.52. The molecule has 0 unspecified atom stereocenters. The highest BCUT2D eigenvalue weighted by Crippen LogP contribution is 2.29.